The lowest BCUT2D eigenvalue weighted by Gasteiger charge is -2.23. The average molecular weight is 498 g/mol. The first-order valence-electron chi connectivity index (χ1n) is 10.3. The molecular weight excluding hydrogens is 478 g/mol. The Hall–Kier alpha value is -3.76. The molecule has 9 nitrogen and oxygen atoms in total. The van der Waals surface area contributed by atoms with Crippen LogP contribution in [0.1, 0.15) is 6.92 Å². The SMILES string of the molecule is CCN(c1ccccc1)S(=O)(=O)c1ccc(Cl)c(NC(=O)Cn2nnc3ccccc3c2=O)c1. The number of amides is 1. The normalized spacial score (nSPS) is 11.4. The summed E-state index contributed by atoms with van der Waals surface area (Å²) in [5, 5.41) is 10.8. The second kappa shape index (κ2) is 9.62. The Bertz CT molecular complexity index is 1520. The highest BCUT2D eigenvalue weighted by Crippen LogP contribution is 2.29. The standard InChI is InChI=1S/C23H20ClN5O4S/c1-2-29(16-8-4-3-5-9-16)34(32,33)17-12-13-19(24)21(14-17)25-22(30)15-28-23(31)18-10-6-7-11-20(18)26-27-28/h3-14H,2,15H2,1H3,(H,25,30). The zero-order chi connectivity index (χ0) is 24.3. The quantitative estimate of drug-likeness (QED) is 0.419. The van der Waals surface area contributed by atoms with Gasteiger partial charge in [-0.2, -0.15) is 0 Å². The lowest BCUT2D eigenvalue weighted by molar-refractivity contribution is -0.117. The molecule has 3 aromatic carbocycles. The fraction of sp³-hybridized carbons (Fsp3) is 0.130. The number of fused-ring (bicyclic) bond motifs is 1. The number of carbonyl (C=O) groups is 1. The number of anilines is 2. The maximum Gasteiger partial charge on any atom is 0.278 e. The average Bonchev–Trinajstić information content (AvgIpc) is 2.83. The van der Waals surface area contributed by atoms with Gasteiger partial charge in [0, 0.05) is 6.54 Å². The molecule has 1 aromatic heterocycles. The number of para-hydroxylation sites is 1. The molecule has 0 aliphatic heterocycles. The Morgan fingerprint density at radius 2 is 1.76 bits per heavy atom. The number of benzene rings is 3. The van der Waals surface area contributed by atoms with E-state index in [0.717, 1.165) is 4.68 Å². The van der Waals surface area contributed by atoms with Crippen molar-refractivity contribution in [2.45, 2.75) is 18.4 Å². The van der Waals surface area contributed by atoms with E-state index >= 15 is 0 Å². The van der Waals surface area contributed by atoms with Crippen molar-refractivity contribution in [3.8, 4) is 0 Å². The summed E-state index contributed by atoms with van der Waals surface area (Å²) >= 11 is 6.21. The molecule has 1 N–H and O–H groups in total. The molecule has 1 amide bonds. The van der Waals surface area contributed by atoms with Crippen LogP contribution in [0.4, 0.5) is 11.4 Å². The number of rotatable bonds is 7. The van der Waals surface area contributed by atoms with Gasteiger partial charge in [-0.1, -0.05) is 47.1 Å². The largest absolute Gasteiger partial charge is 0.323 e. The topological polar surface area (TPSA) is 114 Å². The number of halogens is 1. The Kier molecular flexibility index (Phi) is 6.62. The lowest BCUT2D eigenvalue weighted by Crippen LogP contribution is -2.31. The summed E-state index contributed by atoms with van der Waals surface area (Å²) in [6, 6.07) is 19.4. The van der Waals surface area contributed by atoms with Crippen molar-refractivity contribution in [1.82, 2.24) is 15.0 Å². The van der Waals surface area contributed by atoms with E-state index in [0.29, 0.717) is 16.6 Å². The van der Waals surface area contributed by atoms with Crippen molar-refractivity contribution in [2.75, 3.05) is 16.2 Å². The first-order chi connectivity index (χ1) is 16.3. The van der Waals surface area contributed by atoms with Crippen LogP contribution in [0.5, 0.6) is 0 Å². The smallest absolute Gasteiger partial charge is 0.278 e. The molecular formula is C23H20ClN5O4S. The van der Waals surface area contributed by atoms with Gasteiger partial charge >= 0.3 is 0 Å². The van der Waals surface area contributed by atoms with E-state index in [1.54, 1.807) is 61.5 Å². The molecule has 0 saturated heterocycles. The Morgan fingerprint density at radius 1 is 1.06 bits per heavy atom. The van der Waals surface area contributed by atoms with Gasteiger partial charge in [0.1, 0.15) is 12.1 Å². The van der Waals surface area contributed by atoms with Crippen LogP contribution < -0.4 is 15.2 Å². The van der Waals surface area contributed by atoms with E-state index in [1.807, 2.05) is 0 Å². The van der Waals surface area contributed by atoms with Gasteiger partial charge in [0.25, 0.3) is 15.6 Å². The van der Waals surface area contributed by atoms with Gasteiger partial charge in [-0.25, -0.2) is 13.1 Å². The van der Waals surface area contributed by atoms with Gasteiger partial charge in [0.2, 0.25) is 5.91 Å². The van der Waals surface area contributed by atoms with Crippen molar-refractivity contribution >= 4 is 49.8 Å². The maximum atomic E-state index is 13.3. The fourth-order valence-corrected chi connectivity index (χ4v) is 5.09. The molecule has 174 valence electrons. The highest BCUT2D eigenvalue weighted by atomic mass is 35.5. The molecule has 11 heteroatoms. The summed E-state index contributed by atoms with van der Waals surface area (Å²) in [6.45, 7) is 1.51. The van der Waals surface area contributed by atoms with Crippen molar-refractivity contribution < 1.29 is 13.2 Å². The van der Waals surface area contributed by atoms with Crippen LogP contribution in [0.15, 0.2) is 82.5 Å². The van der Waals surface area contributed by atoms with Gasteiger partial charge in [-0.05, 0) is 49.4 Å². The molecule has 0 unspecified atom stereocenters. The number of hydrogen-bond acceptors (Lipinski definition) is 6. The Labute approximate surface area is 200 Å². The minimum absolute atomic E-state index is 0.0411. The molecule has 0 radical (unpaired) electrons. The predicted octanol–water partition coefficient (Wildman–Crippen LogP) is 3.30. The molecule has 0 aliphatic carbocycles. The van der Waals surface area contributed by atoms with Gasteiger partial charge in [-0.15, -0.1) is 5.10 Å². The zero-order valence-corrected chi connectivity index (χ0v) is 19.6. The number of carbonyl (C=O) groups excluding carboxylic acids is 1. The van der Waals surface area contributed by atoms with Crippen molar-refractivity contribution in [3.63, 3.8) is 0 Å². The van der Waals surface area contributed by atoms with E-state index in [4.69, 9.17) is 11.6 Å². The van der Waals surface area contributed by atoms with Crippen molar-refractivity contribution in [3.05, 3.63) is 88.2 Å². The van der Waals surface area contributed by atoms with Crippen molar-refractivity contribution in [2.24, 2.45) is 0 Å². The highest BCUT2D eigenvalue weighted by molar-refractivity contribution is 7.92. The fourth-order valence-electron chi connectivity index (χ4n) is 3.43. The second-order valence-corrected chi connectivity index (χ2v) is 9.53. The number of hydrogen-bond donors (Lipinski definition) is 1. The van der Waals surface area contributed by atoms with Crippen LogP contribution in [0.3, 0.4) is 0 Å². The summed E-state index contributed by atoms with van der Waals surface area (Å²) in [5.41, 5.74) is 0.562. The van der Waals surface area contributed by atoms with E-state index in [-0.39, 0.29) is 22.2 Å². The van der Waals surface area contributed by atoms with Gasteiger partial charge in [0.05, 0.1) is 26.7 Å². The molecule has 0 saturated carbocycles. The minimum Gasteiger partial charge on any atom is -0.323 e. The Morgan fingerprint density at radius 3 is 2.50 bits per heavy atom. The lowest BCUT2D eigenvalue weighted by atomic mass is 10.2. The van der Waals surface area contributed by atoms with E-state index < -0.39 is 28.0 Å². The molecule has 0 fully saturated rings. The van der Waals surface area contributed by atoms with E-state index in [1.165, 1.54) is 22.5 Å². The molecule has 4 rings (SSSR count). The molecule has 34 heavy (non-hydrogen) atoms. The van der Waals surface area contributed by atoms with Gasteiger partial charge < -0.3 is 5.32 Å². The monoisotopic (exact) mass is 497 g/mol. The third-order valence-electron chi connectivity index (χ3n) is 5.05. The van der Waals surface area contributed by atoms with Crippen LogP contribution in [-0.4, -0.2) is 35.9 Å². The number of sulfonamides is 1. The molecule has 1 heterocycles. The number of aromatic nitrogens is 3. The van der Waals surface area contributed by atoms with Crippen LogP contribution in [0.25, 0.3) is 10.9 Å². The Balaban J connectivity index is 1.60. The number of nitrogens with one attached hydrogen (secondary N) is 1. The van der Waals surface area contributed by atoms with E-state index in [9.17, 15) is 18.0 Å². The summed E-state index contributed by atoms with van der Waals surface area (Å²) in [6.07, 6.45) is 0. The molecule has 0 bridgehead atoms. The van der Waals surface area contributed by atoms with Crippen molar-refractivity contribution in [1.29, 1.82) is 0 Å². The minimum atomic E-state index is -3.92. The molecule has 0 atom stereocenters. The zero-order valence-electron chi connectivity index (χ0n) is 18.1. The third-order valence-corrected chi connectivity index (χ3v) is 7.28. The summed E-state index contributed by atoms with van der Waals surface area (Å²) in [5.74, 6) is -0.612. The summed E-state index contributed by atoms with van der Waals surface area (Å²) < 4.78 is 28.7. The summed E-state index contributed by atoms with van der Waals surface area (Å²) in [7, 11) is -3.92. The summed E-state index contributed by atoms with van der Waals surface area (Å²) in [4.78, 5) is 25.2. The highest BCUT2D eigenvalue weighted by Gasteiger charge is 2.24. The molecule has 4 aromatic rings. The van der Waals surface area contributed by atoms with Gasteiger partial charge in [0.15, 0.2) is 0 Å². The van der Waals surface area contributed by atoms with Gasteiger partial charge in [-0.3, -0.25) is 13.9 Å². The first kappa shape index (κ1) is 23.4. The molecule has 0 spiro atoms. The maximum absolute atomic E-state index is 13.3. The van der Waals surface area contributed by atoms with Crippen LogP contribution in [0, 0.1) is 0 Å². The first-order valence-corrected chi connectivity index (χ1v) is 12.1. The van der Waals surface area contributed by atoms with E-state index in [2.05, 4.69) is 15.6 Å². The third kappa shape index (κ3) is 4.63. The van der Waals surface area contributed by atoms with Crippen LogP contribution in [-0.2, 0) is 21.4 Å². The van der Waals surface area contributed by atoms with Crippen LogP contribution >= 0.6 is 11.6 Å². The predicted molar refractivity (Wildman–Crippen MR) is 131 cm³/mol. The van der Waals surface area contributed by atoms with Crippen LogP contribution in [0.2, 0.25) is 5.02 Å². The number of nitrogens with zero attached hydrogens (tertiary/aromatic N) is 4. The second-order valence-electron chi connectivity index (χ2n) is 7.26. The molecule has 0 aliphatic rings.